The summed E-state index contributed by atoms with van der Waals surface area (Å²) in [6, 6.07) is 2.91. The highest BCUT2D eigenvalue weighted by atomic mass is 16.6. The van der Waals surface area contributed by atoms with Gasteiger partial charge < -0.3 is 15.9 Å². The fourth-order valence-electron chi connectivity index (χ4n) is 1.23. The minimum atomic E-state index is -0.966. The molecule has 0 bridgehead atoms. The van der Waals surface area contributed by atoms with Crippen molar-refractivity contribution in [3.63, 3.8) is 0 Å². The second-order valence-electron chi connectivity index (χ2n) is 3.09. The third-order valence-electron chi connectivity index (χ3n) is 2.04. The van der Waals surface area contributed by atoms with Crippen LogP contribution in [0.15, 0.2) is 12.1 Å². The highest BCUT2D eigenvalue weighted by molar-refractivity contribution is 5.56. The van der Waals surface area contributed by atoms with E-state index in [0.29, 0.717) is 0 Å². The lowest BCUT2D eigenvalue weighted by atomic mass is 10.0. The van der Waals surface area contributed by atoms with Crippen molar-refractivity contribution in [2.24, 2.45) is 5.73 Å². The molecule has 1 aromatic rings. The number of hydrogen-bond donors (Lipinski definition) is 3. The Hall–Kier alpha value is -2.17. The molecule has 0 saturated carbocycles. The summed E-state index contributed by atoms with van der Waals surface area (Å²) in [5.41, 5.74) is 4.83. The fraction of sp³-hybridized carbons (Fsp3) is 0.222. The Morgan fingerprint density at radius 2 is 2.25 bits per heavy atom. The molecule has 0 aromatic heterocycles. The van der Waals surface area contributed by atoms with Gasteiger partial charge in [-0.1, -0.05) is 0 Å². The average Bonchev–Trinajstić information content (AvgIpc) is 2.28. The van der Waals surface area contributed by atoms with E-state index in [2.05, 4.69) is 0 Å². The van der Waals surface area contributed by atoms with Crippen molar-refractivity contribution >= 4 is 5.69 Å². The molecule has 0 unspecified atom stereocenters. The molecule has 1 atom stereocenters. The number of phenols is 1. The van der Waals surface area contributed by atoms with Gasteiger partial charge in [0.2, 0.25) is 0 Å². The molecule has 1 rings (SSSR count). The van der Waals surface area contributed by atoms with Crippen LogP contribution in [0.4, 0.5) is 5.69 Å². The van der Waals surface area contributed by atoms with E-state index in [1.54, 1.807) is 6.07 Å². The van der Waals surface area contributed by atoms with Crippen LogP contribution in [0.3, 0.4) is 0 Å². The number of nitro groups is 1. The summed E-state index contributed by atoms with van der Waals surface area (Å²) in [5, 5.41) is 37.6. The van der Waals surface area contributed by atoms with Crippen LogP contribution in [0.2, 0.25) is 0 Å². The molecule has 1 aromatic carbocycles. The van der Waals surface area contributed by atoms with Crippen LogP contribution in [-0.4, -0.2) is 21.7 Å². The molecule has 0 saturated heterocycles. The monoisotopic (exact) mass is 223 g/mol. The summed E-state index contributed by atoms with van der Waals surface area (Å²) in [6.45, 7) is -0.487. The highest BCUT2D eigenvalue weighted by Gasteiger charge is 2.22. The topological polar surface area (TPSA) is 133 Å². The maximum absolute atomic E-state index is 10.6. The molecule has 84 valence electrons. The van der Waals surface area contributed by atoms with E-state index in [1.807, 2.05) is 0 Å². The number of aliphatic hydroxyl groups is 1. The molecule has 0 aliphatic heterocycles. The minimum absolute atomic E-state index is 0.00315. The summed E-state index contributed by atoms with van der Waals surface area (Å²) in [7, 11) is 0. The quantitative estimate of drug-likeness (QED) is 0.493. The first-order valence-corrected chi connectivity index (χ1v) is 4.29. The van der Waals surface area contributed by atoms with Crippen molar-refractivity contribution in [1.29, 1.82) is 5.26 Å². The van der Waals surface area contributed by atoms with Crippen LogP contribution in [0, 0.1) is 21.4 Å². The first-order valence-electron chi connectivity index (χ1n) is 4.29. The number of hydrogen-bond acceptors (Lipinski definition) is 6. The zero-order chi connectivity index (χ0) is 12.3. The molecule has 16 heavy (non-hydrogen) atoms. The smallest absolute Gasteiger partial charge is 0.312 e. The first-order chi connectivity index (χ1) is 7.51. The van der Waals surface area contributed by atoms with Gasteiger partial charge in [0.25, 0.3) is 0 Å². The molecule has 0 aliphatic carbocycles. The summed E-state index contributed by atoms with van der Waals surface area (Å²) >= 11 is 0. The Bertz CT molecular complexity index is 467. The average molecular weight is 223 g/mol. The predicted octanol–water partition coefficient (Wildman–Crippen LogP) is 0.164. The van der Waals surface area contributed by atoms with Crippen LogP contribution in [0.25, 0.3) is 0 Å². The van der Waals surface area contributed by atoms with Crippen molar-refractivity contribution in [2.75, 3.05) is 6.61 Å². The van der Waals surface area contributed by atoms with E-state index in [0.717, 1.165) is 6.07 Å². The molecule has 7 nitrogen and oxygen atoms in total. The predicted molar refractivity (Wildman–Crippen MR) is 53.5 cm³/mol. The Morgan fingerprint density at radius 1 is 1.62 bits per heavy atom. The SMILES string of the molecule is N#Cc1cc([C@@H](N)CO)c(O)c([N+](=O)[O-])c1. The number of aromatic hydroxyl groups is 1. The molecule has 0 heterocycles. The standard InChI is InChI=1S/C9H9N3O4/c10-3-5-1-6(7(11)4-13)9(14)8(2-5)12(15)16/h1-2,7,13-14H,4,11H2/t7-/m0/s1. The number of nitrogens with two attached hydrogens (primary N) is 1. The van der Waals surface area contributed by atoms with Gasteiger partial charge in [0, 0.05) is 11.6 Å². The molecule has 4 N–H and O–H groups in total. The number of benzene rings is 1. The van der Waals surface area contributed by atoms with Crippen LogP contribution in [-0.2, 0) is 0 Å². The van der Waals surface area contributed by atoms with E-state index < -0.39 is 29.0 Å². The van der Waals surface area contributed by atoms with Crippen molar-refractivity contribution in [3.8, 4) is 11.8 Å². The van der Waals surface area contributed by atoms with Crippen LogP contribution in [0.1, 0.15) is 17.2 Å². The summed E-state index contributed by atoms with van der Waals surface area (Å²) in [5.74, 6) is -0.620. The van der Waals surface area contributed by atoms with E-state index in [4.69, 9.17) is 16.1 Å². The molecule has 0 spiro atoms. The van der Waals surface area contributed by atoms with Gasteiger partial charge in [0.1, 0.15) is 0 Å². The second kappa shape index (κ2) is 4.57. The van der Waals surface area contributed by atoms with Gasteiger partial charge >= 0.3 is 5.69 Å². The lowest BCUT2D eigenvalue weighted by Crippen LogP contribution is -2.15. The minimum Gasteiger partial charge on any atom is -0.502 e. The Balaban J connectivity index is 3.44. The van der Waals surface area contributed by atoms with E-state index in [1.165, 1.54) is 6.07 Å². The maximum Gasteiger partial charge on any atom is 0.312 e. The summed E-state index contributed by atoms with van der Waals surface area (Å²) < 4.78 is 0. The van der Waals surface area contributed by atoms with Crippen molar-refractivity contribution in [2.45, 2.75) is 6.04 Å². The van der Waals surface area contributed by atoms with Gasteiger partial charge in [-0.15, -0.1) is 0 Å². The van der Waals surface area contributed by atoms with Crippen molar-refractivity contribution < 1.29 is 15.1 Å². The van der Waals surface area contributed by atoms with Crippen molar-refractivity contribution in [1.82, 2.24) is 0 Å². The zero-order valence-electron chi connectivity index (χ0n) is 8.12. The van der Waals surface area contributed by atoms with E-state index in [9.17, 15) is 15.2 Å². The Kier molecular flexibility index (Phi) is 3.40. The van der Waals surface area contributed by atoms with Gasteiger partial charge in [0.05, 0.1) is 29.2 Å². The van der Waals surface area contributed by atoms with Crippen LogP contribution < -0.4 is 5.73 Å². The van der Waals surface area contributed by atoms with Crippen molar-refractivity contribution in [3.05, 3.63) is 33.4 Å². The highest BCUT2D eigenvalue weighted by Crippen LogP contribution is 2.33. The normalized spacial score (nSPS) is 11.8. The van der Waals surface area contributed by atoms with Gasteiger partial charge in [-0.05, 0) is 6.07 Å². The fourth-order valence-corrected chi connectivity index (χ4v) is 1.23. The number of nitro benzene ring substituents is 1. The number of nitriles is 1. The van der Waals surface area contributed by atoms with Gasteiger partial charge in [-0.2, -0.15) is 5.26 Å². The van der Waals surface area contributed by atoms with Crippen LogP contribution in [0.5, 0.6) is 5.75 Å². The lowest BCUT2D eigenvalue weighted by molar-refractivity contribution is -0.386. The number of aliphatic hydroxyl groups excluding tert-OH is 1. The number of rotatable bonds is 3. The first kappa shape index (κ1) is 11.9. The van der Waals surface area contributed by atoms with Crippen LogP contribution >= 0.6 is 0 Å². The largest absolute Gasteiger partial charge is 0.502 e. The molecular weight excluding hydrogens is 214 g/mol. The Morgan fingerprint density at radius 3 is 2.69 bits per heavy atom. The second-order valence-corrected chi connectivity index (χ2v) is 3.09. The zero-order valence-corrected chi connectivity index (χ0v) is 8.12. The molecule has 0 aliphatic rings. The summed E-state index contributed by atoms with van der Waals surface area (Å²) in [4.78, 5) is 9.77. The summed E-state index contributed by atoms with van der Waals surface area (Å²) in [6.07, 6.45) is 0. The molecule has 0 amide bonds. The molecule has 0 radical (unpaired) electrons. The maximum atomic E-state index is 10.6. The Labute approximate surface area is 90.5 Å². The molecular formula is C9H9N3O4. The third-order valence-corrected chi connectivity index (χ3v) is 2.04. The van der Waals surface area contributed by atoms with Gasteiger partial charge in [0.15, 0.2) is 5.75 Å². The molecule has 0 fully saturated rings. The number of nitrogens with zero attached hydrogens (tertiary/aromatic N) is 2. The number of phenolic OH excluding ortho intramolecular Hbond substituents is 1. The lowest BCUT2D eigenvalue weighted by Gasteiger charge is -2.10. The van der Waals surface area contributed by atoms with Gasteiger partial charge in [-0.3, -0.25) is 10.1 Å². The third kappa shape index (κ3) is 2.08. The van der Waals surface area contributed by atoms with E-state index in [-0.39, 0.29) is 11.1 Å². The van der Waals surface area contributed by atoms with Gasteiger partial charge in [-0.25, -0.2) is 0 Å². The molecule has 7 heteroatoms. The van der Waals surface area contributed by atoms with E-state index >= 15 is 0 Å².